The Morgan fingerprint density at radius 1 is 1.07 bits per heavy atom. The van der Waals surface area contributed by atoms with Crippen molar-refractivity contribution in [2.24, 2.45) is 0 Å². The van der Waals surface area contributed by atoms with Crippen molar-refractivity contribution in [1.82, 2.24) is 9.88 Å². The van der Waals surface area contributed by atoms with Gasteiger partial charge in [0.15, 0.2) is 0 Å². The van der Waals surface area contributed by atoms with Crippen LogP contribution in [0.25, 0.3) is 10.8 Å². The highest BCUT2D eigenvalue weighted by Gasteiger charge is 2.36. The molecule has 1 saturated heterocycles. The van der Waals surface area contributed by atoms with Gasteiger partial charge in [-0.05, 0) is 35.4 Å². The van der Waals surface area contributed by atoms with E-state index in [1.165, 1.54) is 0 Å². The molecule has 5 heteroatoms. The van der Waals surface area contributed by atoms with Crippen LogP contribution in [0.3, 0.4) is 0 Å². The van der Waals surface area contributed by atoms with Crippen molar-refractivity contribution >= 4 is 16.9 Å². The van der Waals surface area contributed by atoms with Gasteiger partial charge in [0.2, 0.25) is 0 Å². The number of aromatic nitrogens is 1. The Balaban J connectivity index is 1.42. The van der Waals surface area contributed by atoms with Gasteiger partial charge in [0.25, 0.3) is 0 Å². The summed E-state index contributed by atoms with van der Waals surface area (Å²) in [4.78, 5) is 18.2. The zero-order chi connectivity index (χ0) is 18.7. The third-order valence-electron chi connectivity index (χ3n) is 5.24. The summed E-state index contributed by atoms with van der Waals surface area (Å²) in [5.41, 5.74) is 0.917. The number of nitrogens with zero attached hydrogens (tertiary/aromatic N) is 2. The fourth-order valence-corrected chi connectivity index (χ4v) is 3.67. The average Bonchev–Trinajstić information content (AvgIpc) is 2.73. The predicted molar refractivity (Wildman–Crippen MR) is 103 cm³/mol. The predicted octanol–water partition coefficient (Wildman–Crippen LogP) is 3.86. The summed E-state index contributed by atoms with van der Waals surface area (Å²) >= 11 is 0. The zero-order valence-corrected chi connectivity index (χ0v) is 15.0. The fraction of sp³-hybridized carbons (Fsp3) is 0.273. The molecule has 0 aliphatic carbocycles. The number of amides is 1. The summed E-state index contributed by atoms with van der Waals surface area (Å²) in [6.45, 7) is 1.19. The summed E-state index contributed by atoms with van der Waals surface area (Å²) in [6.07, 6.45) is 4.18. The van der Waals surface area contributed by atoms with Crippen molar-refractivity contribution in [3.05, 3.63) is 78.1 Å². The largest absolute Gasteiger partial charge is 0.445 e. The lowest BCUT2D eigenvalue weighted by Crippen LogP contribution is -2.45. The van der Waals surface area contributed by atoms with E-state index < -0.39 is 5.60 Å². The van der Waals surface area contributed by atoms with Crippen molar-refractivity contribution in [1.29, 1.82) is 0 Å². The molecule has 0 bridgehead atoms. The molecule has 0 atom stereocenters. The van der Waals surface area contributed by atoms with Crippen LogP contribution >= 0.6 is 0 Å². The van der Waals surface area contributed by atoms with Gasteiger partial charge >= 0.3 is 6.09 Å². The Kier molecular flexibility index (Phi) is 4.77. The van der Waals surface area contributed by atoms with E-state index in [1.807, 2.05) is 54.6 Å². The van der Waals surface area contributed by atoms with Gasteiger partial charge in [-0.3, -0.25) is 4.98 Å². The third-order valence-corrected chi connectivity index (χ3v) is 5.24. The van der Waals surface area contributed by atoms with Crippen molar-refractivity contribution in [3.63, 3.8) is 0 Å². The molecule has 0 unspecified atom stereocenters. The lowest BCUT2D eigenvalue weighted by molar-refractivity contribution is -0.0244. The minimum Gasteiger partial charge on any atom is -0.445 e. The second-order valence-corrected chi connectivity index (χ2v) is 6.96. The molecule has 1 aromatic heterocycles. The molecule has 2 heterocycles. The molecule has 1 amide bonds. The number of carbonyl (C=O) groups excluding carboxylic acids is 1. The topological polar surface area (TPSA) is 62.7 Å². The van der Waals surface area contributed by atoms with Gasteiger partial charge in [0.05, 0.1) is 5.60 Å². The monoisotopic (exact) mass is 362 g/mol. The normalized spacial score (nSPS) is 16.3. The number of aliphatic hydroxyl groups is 1. The van der Waals surface area contributed by atoms with Crippen LogP contribution in [0.5, 0.6) is 0 Å². The van der Waals surface area contributed by atoms with Crippen molar-refractivity contribution in [3.8, 4) is 0 Å². The lowest BCUT2D eigenvalue weighted by Gasteiger charge is -2.38. The van der Waals surface area contributed by atoms with Gasteiger partial charge in [-0.2, -0.15) is 0 Å². The Morgan fingerprint density at radius 2 is 1.85 bits per heavy atom. The highest BCUT2D eigenvalue weighted by molar-refractivity contribution is 5.85. The SMILES string of the molecule is O=C(OCc1ccccc1)N1CCC(O)(c2cccc3cnccc23)CC1. The molecular weight excluding hydrogens is 340 g/mol. The van der Waals surface area contributed by atoms with E-state index in [0.29, 0.717) is 25.9 Å². The van der Waals surface area contributed by atoms with Gasteiger partial charge < -0.3 is 14.7 Å². The maximum atomic E-state index is 12.3. The highest BCUT2D eigenvalue weighted by Crippen LogP contribution is 2.36. The second kappa shape index (κ2) is 7.37. The van der Waals surface area contributed by atoms with Crippen molar-refractivity contribution in [2.75, 3.05) is 13.1 Å². The smallest absolute Gasteiger partial charge is 0.410 e. The lowest BCUT2D eigenvalue weighted by atomic mass is 9.82. The van der Waals surface area contributed by atoms with Crippen LogP contribution in [0.4, 0.5) is 4.79 Å². The van der Waals surface area contributed by atoms with E-state index in [9.17, 15) is 9.90 Å². The Bertz CT molecular complexity index is 929. The van der Waals surface area contributed by atoms with Gasteiger partial charge in [0, 0.05) is 30.9 Å². The summed E-state index contributed by atoms with van der Waals surface area (Å²) in [7, 11) is 0. The van der Waals surface area contributed by atoms with E-state index in [0.717, 1.165) is 21.9 Å². The van der Waals surface area contributed by atoms with Crippen LogP contribution in [0.2, 0.25) is 0 Å². The standard InChI is InChI=1S/C22H22N2O3/c25-21(27-16-17-5-2-1-3-6-17)24-13-10-22(26,11-14-24)20-8-4-7-18-15-23-12-9-19(18)20/h1-9,12,15,26H,10-11,13-14,16H2. The first-order valence-electron chi connectivity index (χ1n) is 9.17. The quantitative estimate of drug-likeness (QED) is 0.769. The van der Waals surface area contributed by atoms with Gasteiger partial charge in [-0.1, -0.05) is 48.5 Å². The van der Waals surface area contributed by atoms with Gasteiger partial charge in [-0.25, -0.2) is 4.79 Å². The number of rotatable bonds is 3. The summed E-state index contributed by atoms with van der Waals surface area (Å²) in [5, 5.41) is 13.3. The highest BCUT2D eigenvalue weighted by atomic mass is 16.6. The first-order valence-corrected chi connectivity index (χ1v) is 9.17. The number of ether oxygens (including phenoxy) is 1. The minimum absolute atomic E-state index is 0.261. The summed E-state index contributed by atoms with van der Waals surface area (Å²) < 4.78 is 5.41. The number of fused-ring (bicyclic) bond motifs is 1. The van der Waals surface area contributed by atoms with Crippen LogP contribution < -0.4 is 0 Å². The molecule has 1 fully saturated rings. The second-order valence-electron chi connectivity index (χ2n) is 6.96. The van der Waals surface area contributed by atoms with Crippen LogP contribution in [0.15, 0.2) is 67.0 Å². The van der Waals surface area contributed by atoms with E-state index in [1.54, 1.807) is 17.3 Å². The number of hydrogen-bond acceptors (Lipinski definition) is 4. The van der Waals surface area contributed by atoms with E-state index >= 15 is 0 Å². The Labute approximate surface area is 158 Å². The first kappa shape index (κ1) is 17.5. The average molecular weight is 362 g/mol. The van der Waals surface area contributed by atoms with Gasteiger partial charge in [-0.15, -0.1) is 0 Å². The molecule has 27 heavy (non-hydrogen) atoms. The first-order chi connectivity index (χ1) is 13.2. The Morgan fingerprint density at radius 3 is 2.63 bits per heavy atom. The number of piperidine rings is 1. The number of benzene rings is 2. The molecular formula is C22H22N2O3. The molecule has 1 N–H and O–H groups in total. The van der Waals surface area contributed by atoms with Crippen molar-refractivity contribution < 1.29 is 14.6 Å². The molecule has 0 radical (unpaired) electrons. The van der Waals surface area contributed by atoms with Gasteiger partial charge in [0.1, 0.15) is 6.61 Å². The van der Waals surface area contributed by atoms with E-state index in [-0.39, 0.29) is 12.7 Å². The number of carbonyl (C=O) groups is 1. The minimum atomic E-state index is -0.947. The molecule has 4 rings (SSSR count). The van der Waals surface area contributed by atoms with E-state index in [2.05, 4.69) is 4.98 Å². The summed E-state index contributed by atoms with van der Waals surface area (Å²) in [6, 6.07) is 17.5. The molecule has 5 nitrogen and oxygen atoms in total. The van der Waals surface area contributed by atoms with Crippen LogP contribution in [0, 0.1) is 0 Å². The number of hydrogen-bond donors (Lipinski definition) is 1. The number of pyridine rings is 1. The summed E-state index contributed by atoms with van der Waals surface area (Å²) in [5.74, 6) is 0. The molecule has 0 saturated carbocycles. The molecule has 0 spiro atoms. The zero-order valence-electron chi connectivity index (χ0n) is 15.0. The molecule has 1 aliphatic rings. The van der Waals surface area contributed by atoms with Crippen LogP contribution in [0.1, 0.15) is 24.0 Å². The van der Waals surface area contributed by atoms with E-state index in [4.69, 9.17) is 4.74 Å². The maximum absolute atomic E-state index is 12.3. The fourth-order valence-electron chi connectivity index (χ4n) is 3.67. The molecule has 2 aromatic carbocycles. The Hall–Kier alpha value is -2.92. The van der Waals surface area contributed by atoms with Crippen LogP contribution in [-0.2, 0) is 16.9 Å². The maximum Gasteiger partial charge on any atom is 0.410 e. The molecule has 138 valence electrons. The number of likely N-dealkylation sites (tertiary alicyclic amines) is 1. The molecule has 3 aromatic rings. The third kappa shape index (κ3) is 3.64. The molecule has 1 aliphatic heterocycles. The van der Waals surface area contributed by atoms with Crippen LogP contribution in [-0.4, -0.2) is 34.2 Å². The van der Waals surface area contributed by atoms with Crippen molar-refractivity contribution in [2.45, 2.75) is 25.0 Å².